The highest BCUT2D eigenvalue weighted by atomic mass is 35.5. The summed E-state index contributed by atoms with van der Waals surface area (Å²) in [4.78, 5) is 0. The molecule has 0 bridgehead atoms. The molecular formula is C10H10ClN. The molecule has 0 atom stereocenters. The van der Waals surface area contributed by atoms with Crippen molar-refractivity contribution in [1.82, 2.24) is 4.57 Å². The molecule has 0 radical (unpaired) electrons. The third-order valence-electron chi connectivity index (χ3n) is 2.14. The molecule has 1 heterocycles. The number of aryl methyl sites for hydroxylation is 1. The number of nitrogens with zero attached hydrogens (tertiary/aromatic N) is 1. The highest BCUT2D eigenvalue weighted by molar-refractivity contribution is 6.16. The number of aromatic nitrogens is 1. The molecular weight excluding hydrogens is 170 g/mol. The van der Waals surface area contributed by atoms with Crippen LogP contribution in [0.2, 0.25) is 0 Å². The average molecular weight is 180 g/mol. The van der Waals surface area contributed by atoms with Crippen molar-refractivity contribution in [3.8, 4) is 0 Å². The molecule has 0 saturated carbocycles. The summed E-state index contributed by atoms with van der Waals surface area (Å²) in [6.45, 7) is 2.07. The zero-order valence-corrected chi connectivity index (χ0v) is 7.67. The van der Waals surface area contributed by atoms with Crippen molar-refractivity contribution in [2.75, 3.05) is 0 Å². The van der Waals surface area contributed by atoms with Gasteiger partial charge in [-0.1, -0.05) is 18.2 Å². The molecule has 0 fully saturated rings. The first-order valence-corrected chi connectivity index (χ1v) is 4.47. The predicted octanol–water partition coefficient (Wildman–Crippen LogP) is 3.15. The number of benzene rings is 1. The van der Waals surface area contributed by atoms with Gasteiger partial charge in [0.2, 0.25) is 0 Å². The third kappa shape index (κ3) is 1.01. The first kappa shape index (κ1) is 7.69. The van der Waals surface area contributed by atoms with Crippen LogP contribution in [0.3, 0.4) is 0 Å². The van der Waals surface area contributed by atoms with Gasteiger partial charge in [0, 0.05) is 11.2 Å². The van der Waals surface area contributed by atoms with Crippen LogP contribution in [0.1, 0.15) is 5.69 Å². The number of hydrogen-bond acceptors (Lipinski definition) is 0. The molecule has 0 spiro atoms. The molecule has 2 heteroatoms. The first-order chi connectivity index (χ1) is 5.83. The molecule has 0 amide bonds. The second-order valence-corrected chi connectivity index (χ2v) is 3.13. The molecule has 0 N–H and O–H groups in total. The van der Waals surface area contributed by atoms with Crippen LogP contribution >= 0.6 is 11.6 Å². The van der Waals surface area contributed by atoms with Gasteiger partial charge >= 0.3 is 0 Å². The van der Waals surface area contributed by atoms with Crippen LogP contribution in [-0.2, 0) is 6.00 Å². The SMILES string of the molecule is Cc1cc2ccccc2n1CCl. The van der Waals surface area contributed by atoms with E-state index < -0.39 is 0 Å². The van der Waals surface area contributed by atoms with Crippen LogP contribution in [0.4, 0.5) is 0 Å². The van der Waals surface area contributed by atoms with E-state index in [4.69, 9.17) is 11.6 Å². The Hall–Kier alpha value is -0.950. The largest absolute Gasteiger partial charge is 0.331 e. The van der Waals surface area contributed by atoms with Crippen LogP contribution in [0.25, 0.3) is 10.9 Å². The van der Waals surface area contributed by atoms with Crippen LogP contribution in [-0.4, -0.2) is 4.57 Å². The van der Waals surface area contributed by atoms with Crippen LogP contribution in [0.15, 0.2) is 30.3 Å². The molecule has 0 aliphatic rings. The molecule has 1 nitrogen and oxygen atoms in total. The lowest BCUT2D eigenvalue weighted by atomic mass is 10.2. The number of alkyl halides is 1. The number of rotatable bonds is 1. The molecule has 0 aliphatic heterocycles. The van der Waals surface area contributed by atoms with E-state index in [0.717, 1.165) is 0 Å². The van der Waals surface area contributed by atoms with Gasteiger partial charge in [-0.05, 0) is 24.4 Å². The fraction of sp³-hybridized carbons (Fsp3) is 0.200. The third-order valence-corrected chi connectivity index (χ3v) is 2.38. The summed E-state index contributed by atoms with van der Waals surface area (Å²) in [5.74, 6) is 0. The fourth-order valence-electron chi connectivity index (χ4n) is 1.51. The minimum Gasteiger partial charge on any atom is -0.331 e. The van der Waals surface area contributed by atoms with Crippen LogP contribution in [0, 0.1) is 6.92 Å². The van der Waals surface area contributed by atoms with E-state index in [1.165, 1.54) is 16.6 Å². The van der Waals surface area contributed by atoms with Crippen molar-refractivity contribution in [3.05, 3.63) is 36.0 Å². The Morgan fingerprint density at radius 3 is 2.83 bits per heavy atom. The maximum absolute atomic E-state index is 5.82. The molecule has 1 aromatic carbocycles. The molecule has 2 aromatic rings. The van der Waals surface area contributed by atoms with E-state index in [-0.39, 0.29) is 0 Å². The van der Waals surface area contributed by atoms with Crippen molar-refractivity contribution >= 4 is 22.5 Å². The highest BCUT2D eigenvalue weighted by Crippen LogP contribution is 2.19. The first-order valence-electron chi connectivity index (χ1n) is 3.94. The summed E-state index contributed by atoms with van der Waals surface area (Å²) < 4.78 is 2.09. The lowest BCUT2D eigenvalue weighted by Crippen LogP contribution is -1.92. The van der Waals surface area contributed by atoms with Gasteiger partial charge in [-0.15, -0.1) is 11.6 Å². The summed E-state index contributed by atoms with van der Waals surface area (Å²) in [6.07, 6.45) is 0. The van der Waals surface area contributed by atoms with Gasteiger partial charge in [-0.25, -0.2) is 0 Å². The van der Waals surface area contributed by atoms with Gasteiger partial charge in [0.1, 0.15) is 0 Å². The quantitative estimate of drug-likeness (QED) is 0.593. The minimum absolute atomic E-state index is 0.527. The van der Waals surface area contributed by atoms with Crippen molar-refractivity contribution in [2.24, 2.45) is 0 Å². The molecule has 2 rings (SSSR count). The summed E-state index contributed by atoms with van der Waals surface area (Å²) in [5, 5.41) is 1.26. The average Bonchev–Trinajstić information content (AvgIpc) is 2.40. The normalized spacial score (nSPS) is 10.8. The topological polar surface area (TPSA) is 4.93 Å². The number of halogens is 1. The molecule has 62 valence electrons. The van der Waals surface area contributed by atoms with E-state index in [2.05, 4.69) is 29.7 Å². The Balaban J connectivity index is 2.81. The number of hydrogen-bond donors (Lipinski definition) is 0. The van der Waals surface area contributed by atoms with E-state index >= 15 is 0 Å². The summed E-state index contributed by atoms with van der Waals surface area (Å²) in [5.41, 5.74) is 2.43. The van der Waals surface area contributed by atoms with Crippen molar-refractivity contribution < 1.29 is 0 Å². The van der Waals surface area contributed by atoms with Gasteiger partial charge in [-0.3, -0.25) is 0 Å². The summed E-state index contributed by atoms with van der Waals surface area (Å²) in [6, 6.07) is 10.9. The Kier molecular flexibility index (Phi) is 1.81. The molecule has 0 saturated heterocycles. The zero-order chi connectivity index (χ0) is 8.55. The minimum atomic E-state index is 0.527. The molecule has 1 aromatic heterocycles. The van der Waals surface area contributed by atoms with E-state index in [1.54, 1.807) is 0 Å². The van der Waals surface area contributed by atoms with Gasteiger partial charge in [0.05, 0.1) is 6.00 Å². The second kappa shape index (κ2) is 2.83. The smallest absolute Gasteiger partial charge is 0.0974 e. The van der Waals surface area contributed by atoms with Crippen molar-refractivity contribution in [1.29, 1.82) is 0 Å². The number of para-hydroxylation sites is 1. The summed E-state index contributed by atoms with van der Waals surface area (Å²) >= 11 is 5.82. The lowest BCUT2D eigenvalue weighted by molar-refractivity contribution is 0.887. The fourth-order valence-corrected chi connectivity index (χ4v) is 1.82. The zero-order valence-electron chi connectivity index (χ0n) is 6.92. The van der Waals surface area contributed by atoms with E-state index in [1.807, 2.05) is 12.1 Å². The lowest BCUT2D eigenvalue weighted by Gasteiger charge is -2.00. The maximum Gasteiger partial charge on any atom is 0.0974 e. The van der Waals surface area contributed by atoms with Crippen LogP contribution in [0.5, 0.6) is 0 Å². The van der Waals surface area contributed by atoms with Gasteiger partial charge in [-0.2, -0.15) is 0 Å². The van der Waals surface area contributed by atoms with Crippen LogP contribution < -0.4 is 0 Å². The standard InChI is InChI=1S/C10H10ClN/c1-8-6-9-4-2-3-5-10(9)12(8)7-11/h2-6H,7H2,1H3. The molecule has 12 heavy (non-hydrogen) atoms. The molecule has 0 aliphatic carbocycles. The summed E-state index contributed by atoms with van der Waals surface area (Å²) in [7, 11) is 0. The maximum atomic E-state index is 5.82. The van der Waals surface area contributed by atoms with E-state index in [0.29, 0.717) is 6.00 Å². The Morgan fingerprint density at radius 1 is 1.33 bits per heavy atom. The predicted molar refractivity (Wildman–Crippen MR) is 52.5 cm³/mol. The Labute approximate surface area is 76.6 Å². The molecule has 0 unspecified atom stereocenters. The Bertz CT molecular complexity index is 403. The van der Waals surface area contributed by atoms with Gasteiger partial charge in [0.25, 0.3) is 0 Å². The Morgan fingerprint density at radius 2 is 2.08 bits per heavy atom. The van der Waals surface area contributed by atoms with E-state index in [9.17, 15) is 0 Å². The van der Waals surface area contributed by atoms with Gasteiger partial charge in [0.15, 0.2) is 0 Å². The second-order valence-electron chi connectivity index (χ2n) is 2.89. The number of fused-ring (bicyclic) bond motifs is 1. The van der Waals surface area contributed by atoms with Gasteiger partial charge < -0.3 is 4.57 Å². The van der Waals surface area contributed by atoms with Crippen molar-refractivity contribution in [2.45, 2.75) is 12.9 Å². The monoisotopic (exact) mass is 179 g/mol. The highest BCUT2D eigenvalue weighted by Gasteiger charge is 2.01. The van der Waals surface area contributed by atoms with Crippen molar-refractivity contribution in [3.63, 3.8) is 0 Å².